The Morgan fingerprint density at radius 1 is 1.41 bits per heavy atom. The molecule has 1 fully saturated rings. The van der Waals surface area contributed by atoms with E-state index in [4.69, 9.17) is 0 Å². The summed E-state index contributed by atoms with van der Waals surface area (Å²) in [7, 11) is 0. The second-order valence-corrected chi connectivity index (χ2v) is 5.30. The van der Waals surface area contributed by atoms with Crippen molar-refractivity contribution in [3.8, 4) is 0 Å². The lowest BCUT2D eigenvalue weighted by Gasteiger charge is -2.33. The molecule has 1 aliphatic heterocycles. The molecule has 7 heteroatoms. The van der Waals surface area contributed by atoms with E-state index in [1.807, 2.05) is 0 Å². The van der Waals surface area contributed by atoms with E-state index in [2.05, 4.69) is 0 Å². The number of carbonyl (C=O) groups excluding carboxylic acids is 1. The number of nitro groups is 1. The van der Waals surface area contributed by atoms with Crippen LogP contribution < -0.4 is 0 Å². The van der Waals surface area contributed by atoms with Crippen molar-refractivity contribution in [1.82, 2.24) is 4.90 Å². The van der Waals surface area contributed by atoms with Gasteiger partial charge in [-0.3, -0.25) is 14.9 Å². The Balaban J connectivity index is 2.34. The number of hydrogen-bond acceptors (Lipinski definition) is 4. The number of aliphatic carboxylic acids is 1. The van der Waals surface area contributed by atoms with Crippen molar-refractivity contribution in [2.24, 2.45) is 0 Å². The molecule has 7 nitrogen and oxygen atoms in total. The van der Waals surface area contributed by atoms with Gasteiger partial charge in [0.15, 0.2) is 0 Å². The van der Waals surface area contributed by atoms with Crippen LogP contribution in [0.4, 0.5) is 5.69 Å². The maximum Gasteiger partial charge on any atom is 0.326 e. The lowest BCUT2D eigenvalue weighted by Crippen LogP contribution is -2.48. The largest absolute Gasteiger partial charge is 0.480 e. The van der Waals surface area contributed by atoms with Crippen LogP contribution in [-0.2, 0) is 11.2 Å². The predicted octanol–water partition coefficient (Wildman–Crippen LogP) is 2.24. The standard InChI is InChI=1S/C15H18N2O5/c1-2-10-6-7-11(9-13(10)17(21)22)14(18)16-8-4-3-5-12(16)15(19)20/h6-7,9,12H,2-5,8H2,1H3,(H,19,20). The highest BCUT2D eigenvalue weighted by Crippen LogP contribution is 2.24. The van der Waals surface area contributed by atoms with Crippen LogP contribution in [0.5, 0.6) is 0 Å². The number of rotatable bonds is 4. The summed E-state index contributed by atoms with van der Waals surface area (Å²) in [5.74, 6) is -1.49. The quantitative estimate of drug-likeness (QED) is 0.679. The number of nitro benzene ring substituents is 1. The summed E-state index contributed by atoms with van der Waals surface area (Å²) in [5.41, 5.74) is 0.615. The second-order valence-electron chi connectivity index (χ2n) is 5.30. The summed E-state index contributed by atoms with van der Waals surface area (Å²) >= 11 is 0. The fraction of sp³-hybridized carbons (Fsp3) is 0.467. The van der Waals surface area contributed by atoms with Gasteiger partial charge in [-0.25, -0.2) is 4.79 Å². The molecule has 2 rings (SSSR count). The fourth-order valence-corrected chi connectivity index (χ4v) is 2.76. The van der Waals surface area contributed by atoms with E-state index in [0.717, 1.165) is 12.8 Å². The van der Waals surface area contributed by atoms with E-state index in [1.165, 1.54) is 17.0 Å². The van der Waals surface area contributed by atoms with Crippen molar-refractivity contribution in [2.45, 2.75) is 38.6 Å². The molecule has 0 aliphatic carbocycles. The molecule has 0 spiro atoms. The molecule has 1 heterocycles. The first-order valence-electron chi connectivity index (χ1n) is 7.26. The topological polar surface area (TPSA) is 101 Å². The summed E-state index contributed by atoms with van der Waals surface area (Å²) in [6.45, 7) is 2.16. The average Bonchev–Trinajstić information content (AvgIpc) is 2.53. The molecular weight excluding hydrogens is 288 g/mol. The average molecular weight is 306 g/mol. The minimum Gasteiger partial charge on any atom is -0.480 e. The lowest BCUT2D eigenvalue weighted by atomic mass is 10.00. The Labute approximate surface area is 127 Å². The van der Waals surface area contributed by atoms with Crippen LogP contribution in [0.3, 0.4) is 0 Å². The molecule has 1 atom stereocenters. The van der Waals surface area contributed by atoms with Gasteiger partial charge in [0, 0.05) is 23.7 Å². The van der Waals surface area contributed by atoms with Crippen molar-refractivity contribution in [2.75, 3.05) is 6.54 Å². The Kier molecular flexibility index (Phi) is 4.75. The van der Waals surface area contributed by atoms with Crippen LogP contribution >= 0.6 is 0 Å². The maximum absolute atomic E-state index is 12.5. The third kappa shape index (κ3) is 3.08. The van der Waals surface area contributed by atoms with Crippen molar-refractivity contribution >= 4 is 17.6 Å². The van der Waals surface area contributed by atoms with Crippen molar-refractivity contribution in [3.63, 3.8) is 0 Å². The van der Waals surface area contributed by atoms with Crippen molar-refractivity contribution in [3.05, 3.63) is 39.4 Å². The number of carbonyl (C=O) groups is 2. The number of carboxylic acid groups (broad SMARTS) is 1. The predicted molar refractivity (Wildman–Crippen MR) is 78.8 cm³/mol. The molecule has 0 radical (unpaired) electrons. The molecule has 1 amide bonds. The molecule has 118 valence electrons. The maximum atomic E-state index is 12.5. The first kappa shape index (κ1) is 15.9. The molecule has 1 aromatic carbocycles. The monoisotopic (exact) mass is 306 g/mol. The van der Waals surface area contributed by atoms with Gasteiger partial charge in [0.1, 0.15) is 6.04 Å². The van der Waals surface area contributed by atoms with Crippen LogP contribution in [0.25, 0.3) is 0 Å². The van der Waals surface area contributed by atoms with Crippen LogP contribution in [0, 0.1) is 10.1 Å². The van der Waals surface area contributed by atoms with Gasteiger partial charge in [-0.05, 0) is 31.7 Å². The highest BCUT2D eigenvalue weighted by molar-refractivity contribution is 5.97. The van der Waals surface area contributed by atoms with Gasteiger partial charge in [-0.1, -0.05) is 13.0 Å². The van der Waals surface area contributed by atoms with E-state index in [1.54, 1.807) is 13.0 Å². The second kappa shape index (κ2) is 6.55. The van der Waals surface area contributed by atoms with Gasteiger partial charge in [0.25, 0.3) is 11.6 Å². The van der Waals surface area contributed by atoms with Gasteiger partial charge >= 0.3 is 5.97 Å². The molecule has 0 saturated carbocycles. The molecule has 0 aromatic heterocycles. The molecule has 1 unspecified atom stereocenters. The number of nitrogens with zero attached hydrogens (tertiary/aromatic N) is 2. The van der Waals surface area contributed by atoms with E-state index in [9.17, 15) is 24.8 Å². The third-order valence-electron chi connectivity index (χ3n) is 3.96. The summed E-state index contributed by atoms with van der Waals surface area (Å²) in [6, 6.07) is 3.48. The van der Waals surface area contributed by atoms with Crippen LogP contribution in [0.1, 0.15) is 42.1 Å². The molecule has 22 heavy (non-hydrogen) atoms. The highest BCUT2D eigenvalue weighted by Gasteiger charge is 2.33. The Bertz CT molecular complexity index is 614. The number of carboxylic acids is 1. The summed E-state index contributed by atoms with van der Waals surface area (Å²) in [6.07, 6.45) is 2.41. The minimum atomic E-state index is -1.03. The first-order valence-corrected chi connectivity index (χ1v) is 7.26. The van der Waals surface area contributed by atoms with Crippen molar-refractivity contribution < 1.29 is 19.6 Å². The summed E-state index contributed by atoms with van der Waals surface area (Å²) in [5, 5.41) is 20.3. The van der Waals surface area contributed by atoms with E-state index in [0.29, 0.717) is 24.9 Å². The first-order chi connectivity index (χ1) is 10.5. The molecule has 0 bridgehead atoms. The van der Waals surface area contributed by atoms with E-state index in [-0.39, 0.29) is 11.3 Å². The smallest absolute Gasteiger partial charge is 0.326 e. The van der Waals surface area contributed by atoms with Crippen molar-refractivity contribution in [1.29, 1.82) is 0 Å². The Hall–Kier alpha value is -2.44. The lowest BCUT2D eigenvalue weighted by molar-refractivity contribution is -0.385. The van der Waals surface area contributed by atoms with Gasteiger partial charge < -0.3 is 10.0 Å². The number of benzene rings is 1. The van der Waals surface area contributed by atoms with E-state index >= 15 is 0 Å². The third-order valence-corrected chi connectivity index (χ3v) is 3.96. The number of likely N-dealkylation sites (tertiary alicyclic amines) is 1. The minimum absolute atomic E-state index is 0.0998. The van der Waals surface area contributed by atoms with Crippen LogP contribution in [-0.4, -0.2) is 39.4 Å². The molecule has 1 aliphatic rings. The molecule has 1 aromatic rings. The Morgan fingerprint density at radius 3 is 2.73 bits per heavy atom. The van der Waals surface area contributed by atoms with Crippen LogP contribution in [0.2, 0.25) is 0 Å². The zero-order valence-corrected chi connectivity index (χ0v) is 12.3. The van der Waals surface area contributed by atoms with Gasteiger partial charge in [0.2, 0.25) is 0 Å². The molecule has 1 saturated heterocycles. The zero-order chi connectivity index (χ0) is 16.3. The number of piperidine rings is 1. The summed E-state index contributed by atoms with van der Waals surface area (Å²) in [4.78, 5) is 35.7. The van der Waals surface area contributed by atoms with Gasteiger partial charge in [0.05, 0.1) is 4.92 Å². The number of amides is 1. The molecular formula is C15H18N2O5. The number of hydrogen-bond donors (Lipinski definition) is 1. The normalized spacial score (nSPS) is 18.0. The van der Waals surface area contributed by atoms with Gasteiger partial charge in [-0.15, -0.1) is 0 Å². The SMILES string of the molecule is CCc1ccc(C(=O)N2CCCCC2C(=O)O)cc1[N+](=O)[O-]. The Morgan fingerprint density at radius 2 is 2.14 bits per heavy atom. The highest BCUT2D eigenvalue weighted by atomic mass is 16.6. The zero-order valence-electron chi connectivity index (χ0n) is 12.3. The summed E-state index contributed by atoms with van der Waals surface area (Å²) < 4.78 is 0. The van der Waals surface area contributed by atoms with Gasteiger partial charge in [-0.2, -0.15) is 0 Å². The van der Waals surface area contributed by atoms with E-state index < -0.39 is 22.8 Å². The molecule has 1 N–H and O–H groups in total. The number of aryl methyl sites for hydroxylation is 1. The van der Waals surface area contributed by atoms with Crippen LogP contribution in [0.15, 0.2) is 18.2 Å². The fourth-order valence-electron chi connectivity index (χ4n) is 2.76.